The number of hydrogen-bond acceptors (Lipinski definition) is 3. The highest BCUT2D eigenvalue weighted by Crippen LogP contribution is 2.51. The molecule has 0 radical (unpaired) electrons. The fraction of sp³-hybridized carbons (Fsp3) is 0.308. The van der Waals surface area contributed by atoms with Crippen molar-refractivity contribution < 1.29 is 14.3 Å². The lowest BCUT2D eigenvalue weighted by Crippen LogP contribution is -2.44. The first kappa shape index (κ1) is 20.5. The lowest BCUT2D eigenvalue weighted by molar-refractivity contribution is -0.137. The van der Waals surface area contributed by atoms with E-state index in [0.29, 0.717) is 24.7 Å². The molecule has 0 saturated carbocycles. The van der Waals surface area contributed by atoms with E-state index in [1.54, 1.807) is 6.07 Å². The number of nitrogens with one attached hydrogen (secondary N) is 2. The molecule has 4 heterocycles. The highest BCUT2D eigenvalue weighted by atomic mass is 35.5. The van der Waals surface area contributed by atoms with Crippen LogP contribution in [0.4, 0.5) is 0 Å². The zero-order valence-electron chi connectivity index (χ0n) is 18.0. The van der Waals surface area contributed by atoms with E-state index in [1.165, 1.54) is 10.9 Å². The molecule has 2 fully saturated rings. The number of carbonyl (C=O) groups excluding carboxylic acids is 2. The lowest BCUT2D eigenvalue weighted by Gasteiger charge is -2.23. The Balaban J connectivity index is 1.17. The van der Waals surface area contributed by atoms with Gasteiger partial charge in [0.1, 0.15) is 5.60 Å². The van der Waals surface area contributed by atoms with Crippen molar-refractivity contribution in [3.05, 3.63) is 83.0 Å². The molecule has 2 saturated heterocycles. The van der Waals surface area contributed by atoms with Gasteiger partial charge in [-0.25, -0.2) is 0 Å². The summed E-state index contributed by atoms with van der Waals surface area (Å²) in [4.78, 5) is 31.7. The van der Waals surface area contributed by atoms with Crippen LogP contribution in [0.15, 0.2) is 66.9 Å². The van der Waals surface area contributed by atoms with Gasteiger partial charge in [-0.05, 0) is 29.7 Å². The predicted octanol–water partition coefficient (Wildman–Crippen LogP) is 3.46. The molecule has 168 valence electrons. The van der Waals surface area contributed by atoms with E-state index in [9.17, 15) is 9.59 Å². The maximum Gasteiger partial charge on any atom is 0.230 e. The van der Waals surface area contributed by atoms with Crippen LogP contribution in [0.2, 0.25) is 5.02 Å². The first-order chi connectivity index (χ1) is 16.1. The molecule has 0 aliphatic carbocycles. The second kappa shape index (κ2) is 7.75. The zero-order chi connectivity index (χ0) is 22.6. The Bertz CT molecular complexity index is 1280. The van der Waals surface area contributed by atoms with Crippen molar-refractivity contribution in [1.82, 2.24) is 15.2 Å². The van der Waals surface area contributed by atoms with E-state index in [-0.39, 0.29) is 17.9 Å². The topological polar surface area (TPSA) is 74.4 Å². The van der Waals surface area contributed by atoms with Gasteiger partial charge in [-0.15, -0.1) is 0 Å². The normalized spacial score (nSPS) is 27.5. The number of aromatic amines is 1. The minimum Gasteiger partial charge on any atom is -0.361 e. The maximum absolute atomic E-state index is 13.4. The summed E-state index contributed by atoms with van der Waals surface area (Å²) in [6.07, 6.45) is 6.32. The average molecular weight is 462 g/mol. The van der Waals surface area contributed by atoms with Gasteiger partial charge in [0.15, 0.2) is 0 Å². The van der Waals surface area contributed by atoms with E-state index in [0.717, 1.165) is 17.5 Å². The number of hydrogen-bond donors (Lipinski definition) is 2. The van der Waals surface area contributed by atoms with Crippen molar-refractivity contribution in [3.63, 3.8) is 0 Å². The Morgan fingerprint density at radius 3 is 2.88 bits per heavy atom. The molecule has 3 aliphatic heterocycles. The highest BCUT2D eigenvalue weighted by Gasteiger charge is 2.66. The van der Waals surface area contributed by atoms with Gasteiger partial charge in [-0.3, -0.25) is 9.59 Å². The summed E-state index contributed by atoms with van der Waals surface area (Å²) < 4.78 is 6.23. The summed E-state index contributed by atoms with van der Waals surface area (Å²) >= 11 is 6.22. The van der Waals surface area contributed by atoms with Crippen LogP contribution in [0.3, 0.4) is 0 Å². The molecular formula is C26H24ClN3O3. The smallest absolute Gasteiger partial charge is 0.230 e. The molecule has 1 aromatic heterocycles. The summed E-state index contributed by atoms with van der Waals surface area (Å²) in [6.45, 7) is 1.40. The molecule has 2 bridgehead atoms. The fourth-order valence-corrected chi connectivity index (χ4v) is 5.81. The molecule has 0 unspecified atom stereocenters. The van der Waals surface area contributed by atoms with E-state index < -0.39 is 17.4 Å². The Morgan fingerprint density at radius 1 is 1.18 bits per heavy atom. The third-order valence-corrected chi connectivity index (χ3v) is 7.59. The van der Waals surface area contributed by atoms with Crippen LogP contribution in [-0.4, -0.2) is 46.5 Å². The standard InChI is InChI=1S/C26H24ClN3O3/c27-19-7-3-1-5-17(19)14-29-24(31)22-21-9-11-26(33-21)15-30(25(32)23(22)26)12-10-16-13-28-20-8-4-2-6-18(16)20/h1-9,11,13,21-23,28H,10,12,14-15H2,(H,29,31)/t21-,22-,23-,26-/m1/s1. The number of nitrogens with zero attached hydrogens (tertiary/aromatic N) is 1. The number of carbonyl (C=O) groups is 2. The fourth-order valence-electron chi connectivity index (χ4n) is 5.60. The number of benzene rings is 2. The summed E-state index contributed by atoms with van der Waals surface area (Å²) in [5.74, 6) is -1.17. The van der Waals surface area contributed by atoms with Crippen molar-refractivity contribution in [2.24, 2.45) is 11.8 Å². The Kier molecular flexibility index (Phi) is 4.82. The van der Waals surface area contributed by atoms with Crippen LogP contribution in [0.25, 0.3) is 10.9 Å². The van der Waals surface area contributed by atoms with Crippen LogP contribution in [0.1, 0.15) is 11.1 Å². The Labute approximate surface area is 196 Å². The lowest BCUT2D eigenvalue weighted by atomic mass is 9.77. The highest BCUT2D eigenvalue weighted by molar-refractivity contribution is 6.31. The molecule has 6 nitrogen and oxygen atoms in total. The first-order valence-electron chi connectivity index (χ1n) is 11.3. The van der Waals surface area contributed by atoms with E-state index >= 15 is 0 Å². The number of ether oxygens (including phenoxy) is 1. The number of fused-ring (bicyclic) bond motifs is 2. The molecule has 2 N–H and O–H groups in total. The summed E-state index contributed by atoms with van der Waals surface area (Å²) in [7, 11) is 0. The van der Waals surface area contributed by atoms with Gasteiger partial charge in [-0.2, -0.15) is 0 Å². The molecule has 2 aromatic carbocycles. The monoisotopic (exact) mass is 461 g/mol. The number of rotatable bonds is 6. The van der Waals surface area contributed by atoms with Gasteiger partial charge in [0.25, 0.3) is 0 Å². The van der Waals surface area contributed by atoms with E-state index in [4.69, 9.17) is 16.3 Å². The Morgan fingerprint density at radius 2 is 2.00 bits per heavy atom. The number of H-pyrrole nitrogens is 1. The van der Waals surface area contributed by atoms with Crippen LogP contribution in [-0.2, 0) is 27.3 Å². The third-order valence-electron chi connectivity index (χ3n) is 7.22. The second-order valence-corrected chi connectivity index (χ2v) is 9.49. The summed E-state index contributed by atoms with van der Waals surface area (Å²) in [6, 6.07) is 15.6. The first-order valence-corrected chi connectivity index (χ1v) is 11.7. The van der Waals surface area contributed by atoms with Gasteiger partial charge in [0.05, 0.1) is 24.5 Å². The molecule has 6 rings (SSSR count). The van der Waals surface area contributed by atoms with Gasteiger partial charge >= 0.3 is 0 Å². The molecule has 7 heteroatoms. The van der Waals surface area contributed by atoms with Crippen LogP contribution >= 0.6 is 11.6 Å². The van der Waals surface area contributed by atoms with Crippen LogP contribution in [0.5, 0.6) is 0 Å². The van der Waals surface area contributed by atoms with E-state index in [1.807, 2.05) is 59.6 Å². The predicted molar refractivity (Wildman–Crippen MR) is 126 cm³/mol. The number of aromatic nitrogens is 1. The zero-order valence-corrected chi connectivity index (χ0v) is 18.7. The third kappa shape index (κ3) is 3.28. The number of likely N-dealkylation sites (tertiary alicyclic amines) is 1. The molecular weight excluding hydrogens is 438 g/mol. The molecule has 33 heavy (non-hydrogen) atoms. The molecule has 3 aliphatic rings. The van der Waals surface area contributed by atoms with Gasteiger partial charge in [0, 0.05) is 35.2 Å². The minimum atomic E-state index is -0.700. The largest absolute Gasteiger partial charge is 0.361 e. The van der Waals surface area contributed by atoms with Crippen molar-refractivity contribution >= 4 is 34.3 Å². The van der Waals surface area contributed by atoms with E-state index in [2.05, 4.69) is 16.4 Å². The SMILES string of the molecule is O=C(NCc1ccccc1Cl)[C@@H]1[C@H]2C=C[C@]3(CN(CCc4c[nH]c5ccccc45)C(=O)[C@@H]13)O2. The molecule has 1 spiro atoms. The molecule has 3 aromatic rings. The van der Waals surface area contributed by atoms with Crippen molar-refractivity contribution in [1.29, 1.82) is 0 Å². The van der Waals surface area contributed by atoms with Crippen molar-refractivity contribution in [2.45, 2.75) is 24.7 Å². The number of amides is 2. The average Bonchev–Trinajstić information content (AvgIpc) is 3.57. The molecule has 4 atom stereocenters. The number of halogens is 1. The quantitative estimate of drug-likeness (QED) is 0.552. The van der Waals surface area contributed by atoms with Crippen LogP contribution < -0.4 is 5.32 Å². The van der Waals surface area contributed by atoms with Gasteiger partial charge in [-0.1, -0.05) is 60.2 Å². The van der Waals surface area contributed by atoms with Crippen molar-refractivity contribution in [3.8, 4) is 0 Å². The van der Waals surface area contributed by atoms with Crippen LogP contribution in [0, 0.1) is 11.8 Å². The van der Waals surface area contributed by atoms with Gasteiger partial charge < -0.3 is 19.9 Å². The number of para-hydroxylation sites is 1. The second-order valence-electron chi connectivity index (χ2n) is 9.08. The Hall–Kier alpha value is -3.09. The molecule has 2 amide bonds. The summed E-state index contributed by atoms with van der Waals surface area (Å²) in [5.41, 5.74) is 2.42. The van der Waals surface area contributed by atoms with Crippen molar-refractivity contribution in [2.75, 3.05) is 13.1 Å². The summed E-state index contributed by atoms with van der Waals surface area (Å²) in [5, 5.41) is 4.76. The van der Waals surface area contributed by atoms with Gasteiger partial charge in [0.2, 0.25) is 11.8 Å². The maximum atomic E-state index is 13.4. The minimum absolute atomic E-state index is 0.000384.